The number of carbonyl (C=O) groups excluding carboxylic acids is 1. The summed E-state index contributed by atoms with van der Waals surface area (Å²) in [5.41, 5.74) is 0.391. The summed E-state index contributed by atoms with van der Waals surface area (Å²) >= 11 is 0. The SMILES string of the molecule is CN1CCN(CCC(C)(C)C)CCC1=O. The van der Waals surface area contributed by atoms with Gasteiger partial charge in [0.15, 0.2) is 0 Å². The number of likely N-dealkylation sites (N-methyl/N-ethyl adjacent to an activating group) is 1. The quantitative estimate of drug-likeness (QED) is 0.694. The molecule has 0 saturated carbocycles. The molecule has 0 spiro atoms. The summed E-state index contributed by atoms with van der Waals surface area (Å²) in [6.07, 6.45) is 1.88. The monoisotopic (exact) mass is 212 g/mol. The molecule has 0 bridgehead atoms. The van der Waals surface area contributed by atoms with Crippen molar-refractivity contribution in [1.82, 2.24) is 9.80 Å². The molecule has 0 radical (unpaired) electrons. The summed E-state index contributed by atoms with van der Waals surface area (Å²) in [4.78, 5) is 15.7. The van der Waals surface area contributed by atoms with E-state index in [0.29, 0.717) is 11.8 Å². The molecular weight excluding hydrogens is 188 g/mol. The van der Waals surface area contributed by atoms with E-state index in [0.717, 1.165) is 26.2 Å². The van der Waals surface area contributed by atoms with Crippen LogP contribution in [-0.4, -0.2) is 48.9 Å². The van der Waals surface area contributed by atoms with Gasteiger partial charge in [0, 0.05) is 33.1 Å². The molecule has 1 aliphatic heterocycles. The summed E-state index contributed by atoms with van der Waals surface area (Å²) in [7, 11) is 1.90. The lowest BCUT2D eigenvalue weighted by Crippen LogP contribution is -2.32. The minimum absolute atomic E-state index is 0.285. The van der Waals surface area contributed by atoms with Crippen molar-refractivity contribution < 1.29 is 4.79 Å². The lowest BCUT2D eigenvalue weighted by atomic mass is 9.92. The van der Waals surface area contributed by atoms with Crippen molar-refractivity contribution in [2.24, 2.45) is 5.41 Å². The van der Waals surface area contributed by atoms with Crippen LogP contribution in [0.2, 0.25) is 0 Å². The smallest absolute Gasteiger partial charge is 0.223 e. The number of rotatable bonds is 2. The molecule has 1 rings (SSSR count). The molecule has 88 valence electrons. The van der Waals surface area contributed by atoms with Gasteiger partial charge in [-0.05, 0) is 18.4 Å². The molecular formula is C12H24N2O. The standard InChI is InChI=1S/C12H24N2O/c1-12(2,3)6-8-14-7-5-11(15)13(4)9-10-14/h5-10H2,1-4H3. The van der Waals surface area contributed by atoms with Gasteiger partial charge in [0.1, 0.15) is 0 Å². The fraction of sp³-hybridized carbons (Fsp3) is 0.917. The van der Waals surface area contributed by atoms with Crippen LogP contribution in [0.3, 0.4) is 0 Å². The van der Waals surface area contributed by atoms with Crippen LogP contribution in [-0.2, 0) is 4.79 Å². The molecule has 1 heterocycles. The first-order valence-electron chi connectivity index (χ1n) is 5.85. The maximum Gasteiger partial charge on any atom is 0.223 e. The Morgan fingerprint density at radius 1 is 1.20 bits per heavy atom. The summed E-state index contributed by atoms with van der Waals surface area (Å²) in [5.74, 6) is 0.285. The van der Waals surface area contributed by atoms with Gasteiger partial charge in [0.25, 0.3) is 0 Å². The zero-order valence-electron chi connectivity index (χ0n) is 10.5. The Morgan fingerprint density at radius 3 is 2.47 bits per heavy atom. The van der Waals surface area contributed by atoms with E-state index in [1.54, 1.807) is 0 Å². The highest BCUT2D eigenvalue weighted by atomic mass is 16.2. The first-order valence-corrected chi connectivity index (χ1v) is 5.85. The van der Waals surface area contributed by atoms with E-state index in [2.05, 4.69) is 25.7 Å². The molecule has 1 saturated heterocycles. The van der Waals surface area contributed by atoms with Crippen LogP contribution in [0.4, 0.5) is 0 Å². The third kappa shape index (κ3) is 4.65. The Labute approximate surface area is 93.4 Å². The molecule has 0 aromatic carbocycles. The van der Waals surface area contributed by atoms with E-state index in [-0.39, 0.29) is 5.91 Å². The van der Waals surface area contributed by atoms with E-state index in [9.17, 15) is 4.79 Å². The second-order valence-electron chi connectivity index (χ2n) is 5.72. The van der Waals surface area contributed by atoms with Gasteiger partial charge < -0.3 is 9.80 Å². The van der Waals surface area contributed by atoms with Gasteiger partial charge in [-0.15, -0.1) is 0 Å². The minimum Gasteiger partial charge on any atom is -0.344 e. The topological polar surface area (TPSA) is 23.6 Å². The predicted molar refractivity (Wildman–Crippen MR) is 62.8 cm³/mol. The number of hydrogen-bond acceptors (Lipinski definition) is 2. The van der Waals surface area contributed by atoms with E-state index in [4.69, 9.17) is 0 Å². The molecule has 0 aliphatic carbocycles. The van der Waals surface area contributed by atoms with E-state index in [1.165, 1.54) is 6.42 Å². The largest absolute Gasteiger partial charge is 0.344 e. The van der Waals surface area contributed by atoms with Crippen molar-refractivity contribution in [2.45, 2.75) is 33.6 Å². The van der Waals surface area contributed by atoms with Gasteiger partial charge in [0.2, 0.25) is 5.91 Å². The Morgan fingerprint density at radius 2 is 1.87 bits per heavy atom. The highest BCUT2D eigenvalue weighted by Gasteiger charge is 2.19. The first kappa shape index (κ1) is 12.5. The maximum absolute atomic E-state index is 11.5. The van der Waals surface area contributed by atoms with Gasteiger partial charge in [-0.3, -0.25) is 4.79 Å². The Balaban J connectivity index is 2.35. The summed E-state index contributed by atoms with van der Waals surface area (Å²) in [5, 5.41) is 0. The van der Waals surface area contributed by atoms with Crippen molar-refractivity contribution in [3.05, 3.63) is 0 Å². The number of hydrogen-bond donors (Lipinski definition) is 0. The fourth-order valence-electron chi connectivity index (χ4n) is 1.69. The molecule has 1 amide bonds. The second-order valence-corrected chi connectivity index (χ2v) is 5.72. The van der Waals surface area contributed by atoms with E-state index >= 15 is 0 Å². The Bertz CT molecular complexity index is 220. The molecule has 0 aromatic heterocycles. The van der Waals surface area contributed by atoms with E-state index < -0.39 is 0 Å². The van der Waals surface area contributed by atoms with Crippen LogP contribution in [0.5, 0.6) is 0 Å². The van der Waals surface area contributed by atoms with Crippen molar-refractivity contribution in [3.8, 4) is 0 Å². The third-order valence-corrected chi connectivity index (χ3v) is 3.00. The highest BCUT2D eigenvalue weighted by Crippen LogP contribution is 2.19. The lowest BCUT2D eigenvalue weighted by molar-refractivity contribution is -0.129. The molecule has 0 aromatic rings. The van der Waals surface area contributed by atoms with Crippen molar-refractivity contribution >= 4 is 5.91 Å². The first-order chi connectivity index (χ1) is 6.88. The van der Waals surface area contributed by atoms with E-state index in [1.807, 2.05) is 11.9 Å². The number of amides is 1. The van der Waals surface area contributed by atoms with Crippen LogP contribution in [0.25, 0.3) is 0 Å². The van der Waals surface area contributed by atoms with Crippen LogP contribution < -0.4 is 0 Å². The molecule has 1 aliphatic rings. The van der Waals surface area contributed by atoms with Crippen LogP contribution >= 0.6 is 0 Å². The van der Waals surface area contributed by atoms with Crippen molar-refractivity contribution in [3.63, 3.8) is 0 Å². The van der Waals surface area contributed by atoms with Crippen molar-refractivity contribution in [2.75, 3.05) is 33.2 Å². The summed E-state index contributed by atoms with van der Waals surface area (Å²) in [6, 6.07) is 0. The molecule has 0 atom stereocenters. The van der Waals surface area contributed by atoms with Gasteiger partial charge >= 0.3 is 0 Å². The minimum atomic E-state index is 0.285. The normalized spacial score (nSPS) is 20.5. The fourth-order valence-corrected chi connectivity index (χ4v) is 1.69. The van der Waals surface area contributed by atoms with Gasteiger partial charge in [0.05, 0.1) is 0 Å². The van der Waals surface area contributed by atoms with Crippen LogP contribution in [0.1, 0.15) is 33.6 Å². The molecule has 15 heavy (non-hydrogen) atoms. The second kappa shape index (κ2) is 4.97. The third-order valence-electron chi connectivity index (χ3n) is 3.00. The Hall–Kier alpha value is -0.570. The molecule has 3 heteroatoms. The molecule has 1 fully saturated rings. The van der Waals surface area contributed by atoms with Gasteiger partial charge in [-0.2, -0.15) is 0 Å². The maximum atomic E-state index is 11.5. The zero-order chi connectivity index (χ0) is 11.5. The average Bonchev–Trinajstić information content (AvgIpc) is 2.27. The average molecular weight is 212 g/mol. The van der Waals surface area contributed by atoms with Gasteiger partial charge in [-0.25, -0.2) is 0 Å². The number of nitrogens with zero attached hydrogens (tertiary/aromatic N) is 2. The molecule has 3 nitrogen and oxygen atoms in total. The highest BCUT2D eigenvalue weighted by molar-refractivity contribution is 5.76. The van der Waals surface area contributed by atoms with Crippen LogP contribution in [0.15, 0.2) is 0 Å². The molecule has 0 N–H and O–H groups in total. The van der Waals surface area contributed by atoms with Crippen LogP contribution in [0, 0.1) is 5.41 Å². The Kier molecular flexibility index (Phi) is 4.14. The summed E-state index contributed by atoms with van der Waals surface area (Å²) in [6.45, 7) is 10.7. The molecule has 0 unspecified atom stereocenters. The summed E-state index contributed by atoms with van der Waals surface area (Å²) < 4.78 is 0. The number of carbonyl (C=O) groups is 1. The lowest BCUT2D eigenvalue weighted by Gasteiger charge is -2.25. The van der Waals surface area contributed by atoms with Gasteiger partial charge in [-0.1, -0.05) is 20.8 Å². The zero-order valence-corrected chi connectivity index (χ0v) is 10.5. The van der Waals surface area contributed by atoms with Crippen molar-refractivity contribution in [1.29, 1.82) is 0 Å². The predicted octanol–water partition coefficient (Wildman–Crippen LogP) is 1.59.